The number of piperidine rings is 1. The first-order valence-electron chi connectivity index (χ1n) is 6.28. The van der Waals surface area contributed by atoms with E-state index in [-0.39, 0.29) is 18.5 Å². The van der Waals surface area contributed by atoms with E-state index in [1.54, 1.807) is 0 Å². The van der Waals surface area contributed by atoms with Gasteiger partial charge >= 0.3 is 5.97 Å². The van der Waals surface area contributed by atoms with Gasteiger partial charge in [0.2, 0.25) is 5.91 Å². The molecular formula is C12H22N2O3. The molecule has 0 aliphatic carbocycles. The monoisotopic (exact) mass is 242 g/mol. The maximum absolute atomic E-state index is 12.2. The first-order valence-corrected chi connectivity index (χ1v) is 6.28. The maximum atomic E-state index is 12.2. The Hall–Kier alpha value is -1.10. The largest absolute Gasteiger partial charge is 0.480 e. The molecule has 0 aromatic heterocycles. The number of hydrogen-bond donors (Lipinski definition) is 2. The smallest absolute Gasteiger partial charge is 0.323 e. The van der Waals surface area contributed by atoms with Crippen LogP contribution in [0, 0.1) is 5.92 Å². The van der Waals surface area contributed by atoms with Crippen LogP contribution in [0.5, 0.6) is 0 Å². The lowest BCUT2D eigenvalue weighted by Gasteiger charge is -2.31. The minimum atomic E-state index is -0.948. The number of amides is 1. The Balaban J connectivity index is 2.59. The van der Waals surface area contributed by atoms with Crippen molar-refractivity contribution in [3.05, 3.63) is 0 Å². The summed E-state index contributed by atoms with van der Waals surface area (Å²) in [5.41, 5.74) is 0. The van der Waals surface area contributed by atoms with Gasteiger partial charge in [-0.15, -0.1) is 0 Å². The van der Waals surface area contributed by atoms with Crippen molar-refractivity contribution in [3.8, 4) is 0 Å². The molecule has 1 saturated heterocycles. The topological polar surface area (TPSA) is 69.6 Å². The third-order valence-corrected chi connectivity index (χ3v) is 3.10. The molecule has 0 bridgehead atoms. The average Bonchev–Trinajstić information content (AvgIpc) is 2.27. The number of carboxylic acids is 1. The van der Waals surface area contributed by atoms with Gasteiger partial charge in [-0.05, 0) is 31.7 Å². The lowest BCUT2D eigenvalue weighted by molar-refractivity contribution is -0.145. The Labute approximate surface area is 102 Å². The molecule has 0 radical (unpaired) electrons. The number of carbonyl (C=O) groups is 2. The lowest BCUT2D eigenvalue weighted by Crippen LogP contribution is -2.51. The van der Waals surface area contributed by atoms with Crippen molar-refractivity contribution in [3.63, 3.8) is 0 Å². The molecule has 2 N–H and O–H groups in total. The van der Waals surface area contributed by atoms with E-state index in [0.717, 1.165) is 25.8 Å². The summed E-state index contributed by atoms with van der Waals surface area (Å²) in [5, 5.41) is 12.0. The fourth-order valence-electron chi connectivity index (χ4n) is 2.22. The SMILES string of the molecule is CCCN(CC(=O)O)C(=O)C1CC(C)CCN1. The van der Waals surface area contributed by atoms with Gasteiger partial charge in [-0.3, -0.25) is 9.59 Å². The summed E-state index contributed by atoms with van der Waals surface area (Å²) in [4.78, 5) is 24.3. The van der Waals surface area contributed by atoms with E-state index in [1.165, 1.54) is 4.90 Å². The van der Waals surface area contributed by atoms with Gasteiger partial charge in [0, 0.05) is 6.54 Å². The van der Waals surface area contributed by atoms with Crippen molar-refractivity contribution >= 4 is 11.9 Å². The van der Waals surface area contributed by atoms with Crippen molar-refractivity contribution in [1.29, 1.82) is 0 Å². The van der Waals surface area contributed by atoms with Gasteiger partial charge in [0.1, 0.15) is 6.54 Å². The zero-order valence-corrected chi connectivity index (χ0v) is 10.6. The highest BCUT2D eigenvalue weighted by Crippen LogP contribution is 2.16. The van der Waals surface area contributed by atoms with Crippen LogP contribution in [0.4, 0.5) is 0 Å². The first kappa shape index (κ1) is 14.0. The van der Waals surface area contributed by atoms with E-state index < -0.39 is 5.97 Å². The number of carboxylic acid groups (broad SMARTS) is 1. The predicted octanol–water partition coefficient (Wildman–Crippen LogP) is 0.698. The highest BCUT2D eigenvalue weighted by molar-refractivity contribution is 5.85. The molecule has 1 amide bonds. The highest BCUT2D eigenvalue weighted by Gasteiger charge is 2.28. The maximum Gasteiger partial charge on any atom is 0.323 e. The molecular weight excluding hydrogens is 220 g/mol. The second kappa shape index (κ2) is 6.59. The summed E-state index contributed by atoms with van der Waals surface area (Å²) < 4.78 is 0. The molecule has 1 aliphatic rings. The van der Waals surface area contributed by atoms with Gasteiger partial charge in [0.15, 0.2) is 0 Å². The first-order chi connectivity index (χ1) is 8.04. The van der Waals surface area contributed by atoms with E-state index >= 15 is 0 Å². The quantitative estimate of drug-likeness (QED) is 0.744. The number of hydrogen-bond acceptors (Lipinski definition) is 3. The summed E-state index contributed by atoms with van der Waals surface area (Å²) in [6, 6.07) is -0.204. The van der Waals surface area contributed by atoms with Crippen molar-refractivity contribution in [2.45, 2.75) is 39.2 Å². The Bertz CT molecular complexity index is 281. The van der Waals surface area contributed by atoms with Gasteiger partial charge in [0.05, 0.1) is 6.04 Å². The van der Waals surface area contributed by atoms with Gasteiger partial charge in [-0.1, -0.05) is 13.8 Å². The van der Waals surface area contributed by atoms with Crippen LogP contribution >= 0.6 is 0 Å². The standard InChI is InChI=1S/C12H22N2O3/c1-3-6-14(8-11(15)16)12(17)10-7-9(2)4-5-13-10/h9-10,13H,3-8H2,1-2H3,(H,15,16). The summed E-state index contributed by atoms with van der Waals surface area (Å²) in [7, 11) is 0. The van der Waals surface area contributed by atoms with Crippen LogP contribution in [0.1, 0.15) is 33.1 Å². The molecule has 0 saturated carbocycles. The molecule has 0 aromatic rings. The van der Waals surface area contributed by atoms with Crippen LogP contribution in [-0.2, 0) is 9.59 Å². The molecule has 2 atom stereocenters. The fraction of sp³-hybridized carbons (Fsp3) is 0.833. The lowest BCUT2D eigenvalue weighted by atomic mass is 9.93. The molecule has 1 aliphatic heterocycles. The molecule has 0 spiro atoms. The fourth-order valence-corrected chi connectivity index (χ4v) is 2.22. The normalized spacial score (nSPS) is 24.4. The Kier molecular flexibility index (Phi) is 5.41. The van der Waals surface area contributed by atoms with E-state index in [4.69, 9.17) is 5.11 Å². The van der Waals surface area contributed by atoms with Gasteiger partial charge in [-0.2, -0.15) is 0 Å². The van der Waals surface area contributed by atoms with Crippen LogP contribution in [-0.4, -0.2) is 47.6 Å². The number of carbonyl (C=O) groups excluding carboxylic acids is 1. The number of nitrogens with one attached hydrogen (secondary N) is 1. The van der Waals surface area contributed by atoms with Crippen LogP contribution in [0.2, 0.25) is 0 Å². The summed E-state index contributed by atoms with van der Waals surface area (Å²) in [5.74, 6) is -0.491. The molecule has 1 fully saturated rings. The van der Waals surface area contributed by atoms with Crippen LogP contribution in [0.3, 0.4) is 0 Å². The van der Waals surface area contributed by atoms with E-state index in [0.29, 0.717) is 12.5 Å². The van der Waals surface area contributed by atoms with E-state index in [1.807, 2.05) is 6.92 Å². The second-order valence-corrected chi connectivity index (χ2v) is 4.79. The van der Waals surface area contributed by atoms with Crippen LogP contribution in [0.15, 0.2) is 0 Å². The van der Waals surface area contributed by atoms with Crippen molar-refractivity contribution in [1.82, 2.24) is 10.2 Å². The summed E-state index contributed by atoms with van der Waals surface area (Å²) in [6.07, 6.45) is 2.66. The van der Waals surface area contributed by atoms with E-state index in [2.05, 4.69) is 12.2 Å². The molecule has 5 heteroatoms. The molecule has 1 rings (SSSR count). The van der Waals surface area contributed by atoms with Gasteiger partial charge < -0.3 is 15.3 Å². The zero-order valence-electron chi connectivity index (χ0n) is 10.6. The predicted molar refractivity (Wildman–Crippen MR) is 64.7 cm³/mol. The molecule has 17 heavy (non-hydrogen) atoms. The zero-order chi connectivity index (χ0) is 12.8. The highest BCUT2D eigenvalue weighted by atomic mass is 16.4. The number of nitrogens with zero attached hydrogens (tertiary/aromatic N) is 1. The molecule has 1 heterocycles. The Morgan fingerprint density at radius 3 is 2.71 bits per heavy atom. The summed E-state index contributed by atoms with van der Waals surface area (Å²) >= 11 is 0. The third kappa shape index (κ3) is 4.34. The molecule has 2 unspecified atom stereocenters. The number of rotatable bonds is 5. The minimum Gasteiger partial charge on any atom is -0.480 e. The molecule has 0 aromatic carbocycles. The molecule has 98 valence electrons. The van der Waals surface area contributed by atoms with Gasteiger partial charge in [-0.25, -0.2) is 0 Å². The van der Waals surface area contributed by atoms with E-state index in [9.17, 15) is 9.59 Å². The third-order valence-electron chi connectivity index (χ3n) is 3.10. The average molecular weight is 242 g/mol. The number of aliphatic carboxylic acids is 1. The van der Waals surface area contributed by atoms with Crippen LogP contribution < -0.4 is 5.32 Å². The van der Waals surface area contributed by atoms with Crippen LogP contribution in [0.25, 0.3) is 0 Å². The second-order valence-electron chi connectivity index (χ2n) is 4.79. The Morgan fingerprint density at radius 2 is 2.18 bits per heavy atom. The minimum absolute atomic E-state index is 0.0687. The van der Waals surface area contributed by atoms with Crippen molar-refractivity contribution in [2.24, 2.45) is 5.92 Å². The van der Waals surface area contributed by atoms with Crippen molar-refractivity contribution < 1.29 is 14.7 Å². The summed E-state index contributed by atoms with van der Waals surface area (Å²) in [6.45, 7) is 5.23. The Morgan fingerprint density at radius 1 is 1.47 bits per heavy atom. The van der Waals surface area contributed by atoms with Gasteiger partial charge in [0.25, 0.3) is 0 Å². The molecule has 5 nitrogen and oxygen atoms in total. The van der Waals surface area contributed by atoms with Crippen molar-refractivity contribution in [2.75, 3.05) is 19.6 Å².